The van der Waals surface area contributed by atoms with Gasteiger partial charge in [0.15, 0.2) is 0 Å². The highest BCUT2D eigenvalue weighted by atomic mass is 19.1. The van der Waals surface area contributed by atoms with Crippen molar-refractivity contribution in [2.45, 2.75) is 38.1 Å². The number of nitrogens with two attached hydrogens (primary N) is 1. The normalized spacial score (nSPS) is 17.4. The first-order chi connectivity index (χ1) is 7.98. The van der Waals surface area contributed by atoms with Gasteiger partial charge in [-0.05, 0) is 49.9 Å². The van der Waals surface area contributed by atoms with E-state index in [4.69, 9.17) is 5.73 Å². The third kappa shape index (κ3) is 2.82. The smallest absolute Gasteiger partial charge is 0.226 e. The number of carbonyl (C=O) groups is 1. The van der Waals surface area contributed by atoms with Crippen LogP contribution in [0.1, 0.15) is 31.2 Å². The number of hydrogen-bond donors (Lipinski definition) is 2. The molecule has 92 valence electrons. The maximum absolute atomic E-state index is 12.9. The number of amides is 1. The molecule has 4 heteroatoms. The molecule has 0 saturated heterocycles. The highest BCUT2D eigenvalue weighted by molar-refractivity contribution is 5.92. The molecule has 1 aliphatic carbocycles. The van der Waals surface area contributed by atoms with E-state index in [-0.39, 0.29) is 17.3 Å². The summed E-state index contributed by atoms with van der Waals surface area (Å²) in [5.74, 6) is -0.392. The van der Waals surface area contributed by atoms with E-state index in [0.717, 1.165) is 24.8 Å². The zero-order valence-electron chi connectivity index (χ0n) is 9.92. The van der Waals surface area contributed by atoms with E-state index in [1.165, 1.54) is 12.1 Å². The van der Waals surface area contributed by atoms with Gasteiger partial charge < -0.3 is 11.1 Å². The van der Waals surface area contributed by atoms with Crippen LogP contribution in [0.5, 0.6) is 0 Å². The van der Waals surface area contributed by atoms with Gasteiger partial charge >= 0.3 is 0 Å². The van der Waals surface area contributed by atoms with Crippen molar-refractivity contribution in [3.05, 3.63) is 29.6 Å². The van der Waals surface area contributed by atoms with Gasteiger partial charge in [-0.1, -0.05) is 0 Å². The summed E-state index contributed by atoms with van der Waals surface area (Å²) in [6, 6.07) is 4.31. The molecule has 1 aromatic rings. The van der Waals surface area contributed by atoms with Crippen LogP contribution in [-0.2, 0) is 4.79 Å². The van der Waals surface area contributed by atoms with Crippen LogP contribution in [0.4, 0.5) is 10.1 Å². The first-order valence-electron chi connectivity index (χ1n) is 5.83. The van der Waals surface area contributed by atoms with Crippen LogP contribution >= 0.6 is 0 Å². The molecule has 2 rings (SSSR count). The topological polar surface area (TPSA) is 55.1 Å². The predicted molar refractivity (Wildman–Crippen MR) is 65.2 cm³/mol. The van der Waals surface area contributed by atoms with Gasteiger partial charge in [0.1, 0.15) is 5.82 Å². The van der Waals surface area contributed by atoms with E-state index in [0.29, 0.717) is 12.1 Å². The van der Waals surface area contributed by atoms with Crippen molar-refractivity contribution < 1.29 is 9.18 Å². The molecule has 1 aromatic carbocycles. The van der Waals surface area contributed by atoms with Crippen molar-refractivity contribution in [1.29, 1.82) is 0 Å². The van der Waals surface area contributed by atoms with Gasteiger partial charge in [0.2, 0.25) is 5.91 Å². The Kier molecular flexibility index (Phi) is 3.15. The molecule has 0 radical (unpaired) electrons. The Balaban J connectivity index is 1.98. The van der Waals surface area contributed by atoms with Gasteiger partial charge in [-0.2, -0.15) is 0 Å². The summed E-state index contributed by atoms with van der Waals surface area (Å²) >= 11 is 0. The molecular weight excluding hydrogens is 219 g/mol. The van der Waals surface area contributed by atoms with Crippen LogP contribution in [-0.4, -0.2) is 11.4 Å². The second-order valence-electron chi connectivity index (χ2n) is 4.90. The van der Waals surface area contributed by atoms with Crippen LogP contribution < -0.4 is 11.1 Å². The second kappa shape index (κ2) is 4.45. The lowest BCUT2D eigenvalue weighted by Gasteiger charge is -2.37. The van der Waals surface area contributed by atoms with E-state index in [1.54, 1.807) is 13.0 Å². The Labute approximate surface area is 100 Å². The first kappa shape index (κ1) is 12.0. The Bertz CT molecular complexity index is 441. The molecule has 0 atom stereocenters. The summed E-state index contributed by atoms with van der Waals surface area (Å²) in [6.07, 6.45) is 3.24. The fourth-order valence-electron chi connectivity index (χ4n) is 2.09. The number of carbonyl (C=O) groups excluding carboxylic acids is 1. The molecular formula is C13H17FN2O. The van der Waals surface area contributed by atoms with Crippen molar-refractivity contribution in [3.8, 4) is 0 Å². The van der Waals surface area contributed by atoms with Crippen molar-refractivity contribution in [1.82, 2.24) is 0 Å². The van der Waals surface area contributed by atoms with Gasteiger partial charge in [0, 0.05) is 17.6 Å². The molecule has 1 amide bonds. The lowest BCUT2D eigenvalue weighted by molar-refractivity contribution is -0.118. The summed E-state index contributed by atoms with van der Waals surface area (Å²) in [7, 11) is 0. The molecule has 0 aromatic heterocycles. The highest BCUT2D eigenvalue weighted by Crippen LogP contribution is 2.32. The minimum absolute atomic E-state index is 0.0955. The summed E-state index contributed by atoms with van der Waals surface area (Å²) in [4.78, 5) is 11.8. The standard InChI is InChI=1S/C13H17FN2O/c1-9-7-10(14)3-4-11(9)16-12(17)8-13(15)5-2-6-13/h3-4,7H,2,5-6,8,15H2,1H3,(H,16,17). The molecule has 1 aliphatic rings. The van der Waals surface area contributed by atoms with Crippen molar-refractivity contribution in [2.75, 3.05) is 5.32 Å². The number of halogens is 1. The van der Waals surface area contributed by atoms with Gasteiger partial charge in [0.25, 0.3) is 0 Å². The van der Waals surface area contributed by atoms with Crippen LogP contribution in [0.2, 0.25) is 0 Å². The minimum Gasteiger partial charge on any atom is -0.326 e. The van der Waals surface area contributed by atoms with Crippen molar-refractivity contribution >= 4 is 11.6 Å². The average molecular weight is 236 g/mol. The number of benzene rings is 1. The van der Waals surface area contributed by atoms with Gasteiger partial charge in [-0.15, -0.1) is 0 Å². The third-order valence-corrected chi connectivity index (χ3v) is 3.32. The van der Waals surface area contributed by atoms with Gasteiger partial charge in [0.05, 0.1) is 0 Å². The molecule has 1 fully saturated rings. The van der Waals surface area contributed by atoms with E-state index in [1.807, 2.05) is 0 Å². The second-order valence-corrected chi connectivity index (χ2v) is 4.90. The molecule has 0 bridgehead atoms. The van der Waals surface area contributed by atoms with Crippen LogP contribution in [0, 0.1) is 12.7 Å². The Morgan fingerprint density at radius 2 is 2.24 bits per heavy atom. The average Bonchev–Trinajstić information content (AvgIpc) is 2.20. The lowest BCUT2D eigenvalue weighted by Crippen LogP contribution is -2.48. The van der Waals surface area contributed by atoms with Crippen molar-refractivity contribution in [3.63, 3.8) is 0 Å². The Morgan fingerprint density at radius 1 is 1.53 bits per heavy atom. The monoisotopic (exact) mass is 236 g/mol. The molecule has 3 nitrogen and oxygen atoms in total. The number of aryl methyl sites for hydroxylation is 1. The molecule has 0 spiro atoms. The van der Waals surface area contributed by atoms with E-state index >= 15 is 0 Å². The molecule has 0 aliphatic heterocycles. The van der Waals surface area contributed by atoms with Crippen LogP contribution in [0.3, 0.4) is 0 Å². The van der Waals surface area contributed by atoms with Crippen LogP contribution in [0.25, 0.3) is 0 Å². The van der Waals surface area contributed by atoms with Gasteiger partial charge in [-0.3, -0.25) is 4.79 Å². The number of rotatable bonds is 3. The Hall–Kier alpha value is -1.42. The number of nitrogens with one attached hydrogen (secondary N) is 1. The van der Waals surface area contributed by atoms with Gasteiger partial charge in [-0.25, -0.2) is 4.39 Å². The molecule has 3 N–H and O–H groups in total. The summed E-state index contributed by atoms with van der Waals surface area (Å²) in [6.45, 7) is 1.76. The Morgan fingerprint density at radius 3 is 2.76 bits per heavy atom. The maximum Gasteiger partial charge on any atom is 0.226 e. The van der Waals surface area contributed by atoms with Crippen molar-refractivity contribution in [2.24, 2.45) is 5.73 Å². The fraction of sp³-hybridized carbons (Fsp3) is 0.462. The predicted octanol–water partition coefficient (Wildman–Crippen LogP) is 2.34. The van der Waals surface area contributed by atoms with E-state index in [9.17, 15) is 9.18 Å². The zero-order valence-corrected chi connectivity index (χ0v) is 9.92. The summed E-state index contributed by atoms with van der Waals surface area (Å²) < 4.78 is 12.9. The molecule has 1 saturated carbocycles. The number of anilines is 1. The summed E-state index contributed by atoms with van der Waals surface area (Å²) in [5.41, 5.74) is 7.05. The van der Waals surface area contributed by atoms with E-state index in [2.05, 4.69) is 5.32 Å². The third-order valence-electron chi connectivity index (χ3n) is 3.32. The zero-order chi connectivity index (χ0) is 12.5. The molecule has 0 unspecified atom stereocenters. The SMILES string of the molecule is Cc1cc(F)ccc1NC(=O)CC1(N)CCC1. The number of hydrogen-bond acceptors (Lipinski definition) is 2. The quantitative estimate of drug-likeness (QED) is 0.846. The van der Waals surface area contributed by atoms with E-state index < -0.39 is 0 Å². The highest BCUT2D eigenvalue weighted by Gasteiger charge is 2.34. The minimum atomic E-state index is -0.321. The fourth-order valence-corrected chi connectivity index (χ4v) is 2.09. The molecule has 17 heavy (non-hydrogen) atoms. The lowest BCUT2D eigenvalue weighted by atomic mass is 9.75. The largest absolute Gasteiger partial charge is 0.326 e. The maximum atomic E-state index is 12.9. The summed E-state index contributed by atoms with van der Waals surface area (Å²) in [5, 5.41) is 2.78. The first-order valence-corrected chi connectivity index (χ1v) is 5.83. The molecule has 0 heterocycles. The van der Waals surface area contributed by atoms with Crippen LogP contribution in [0.15, 0.2) is 18.2 Å².